The van der Waals surface area contributed by atoms with E-state index in [1.807, 2.05) is 26.8 Å². The fourth-order valence-electron chi connectivity index (χ4n) is 1.74. The highest BCUT2D eigenvalue weighted by atomic mass is 35.5. The molecule has 5 heteroatoms. The quantitative estimate of drug-likeness (QED) is 0.775. The van der Waals surface area contributed by atoms with Crippen LogP contribution in [0.1, 0.15) is 33.3 Å². The van der Waals surface area contributed by atoms with Crippen molar-refractivity contribution in [2.45, 2.75) is 46.4 Å². The molecule has 2 N–H and O–H groups in total. The topological polar surface area (TPSA) is 50.7 Å². The first-order valence-electron chi connectivity index (χ1n) is 6.94. The van der Waals surface area contributed by atoms with Crippen LogP contribution in [0, 0.1) is 0 Å². The normalized spacial score (nSPS) is 12.6. The van der Waals surface area contributed by atoms with Gasteiger partial charge in [-0.15, -0.1) is 0 Å². The standard InChI is InChI=1S/C15H24ClNO3/c1-5-19-14-6-12(9-17-8-11(4)18)13(16)7-15(14)20-10(2)3/h6-7,10-11,17-18H,5,8-9H2,1-4H3. The summed E-state index contributed by atoms with van der Waals surface area (Å²) in [7, 11) is 0. The van der Waals surface area contributed by atoms with E-state index in [1.165, 1.54) is 0 Å². The highest BCUT2D eigenvalue weighted by Gasteiger charge is 2.12. The van der Waals surface area contributed by atoms with Crippen LogP contribution in [0.4, 0.5) is 0 Å². The van der Waals surface area contributed by atoms with E-state index in [-0.39, 0.29) is 12.2 Å². The maximum absolute atomic E-state index is 9.24. The first kappa shape index (κ1) is 17.1. The van der Waals surface area contributed by atoms with Gasteiger partial charge in [-0.05, 0) is 39.3 Å². The summed E-state index contributed by atoms with van der Waals surface area (Å²) in [4.78, 5) is 0. The maximum atomic E-state index is 9.24. The predicted molar refractivity (Wildman–Crippen MR) is 81.8 cm³/mol. The molecule has 1 aromatic rings. The second kappa shape index (κ2) is 8.35. The Morgan fingerprint density at radius 3 is 2.50 bits per heavy atom. The molecular weight excluding hydrogens is 278 g/mol. The van der Waals surface area contributed by atoms with Gasteiger partial charge >= 0.3 is 0 Å². The lowest BCUT2D eigenvalue weighted by Crippen LogP contribution is -2.24. The molecule has 0 radical (unpaired) electrons. The molecule has 20 heavy (non-hydrogen) atoms. The molecule has 0 amide bonds. The minimum Gasteiger partial charge on any atom is -0.490 e. The van der Waals surface area contributed by atoms with Crippen molar-refractivity contribution in [2.24, 2.45) is 0 Å². The molecule has 0 spiro atoms. The largest absolute Gasteiger partial charge is 0.490 e. The molecule has 1 atom stereocenters. The second-order valence-electron chi connectivity index (χ2n) is 4.97. The minimum absolute atomic E-state index is 0.0597. The average molecular weight is 302 g/mol. The second-order valence-corrected chi connectivity index (χ2v) is 5.38. The van der Waals surface area contributed by atoms with E-state index in [4.69, 9.17) is 21.1 Å². The van der Waals surface area contributed by atoms with Crippen molar-refractivity contribution >= 4 is 11.6 Å². The molecule has 0 saturated heterocycles. The Hall–Kier alpha value is -0.970. The zero-order valence-corrected chi connectivity index (χ0v) is 13.3. The zero-order valence-electron chi connectivity index (χ0n) is 12.6. The first-order chi connectivity index (χ1) is 9.43. The molecular formula is C15H24ClNO3. The van der Waals surface area contributed by atoms with Gasteiger partial charge < -0.3 is 19.9 Å². The summed E-state index contributed by atoms with van der Waals surface area (Å²) < 4.78 is 11.3. The van der Waals surface area contributed by atoms with Crippen LogP contribution in [0.15, 0.2) is 12.1 Å². The Balaban J connectivity index is 2.88. The van der Waals surface area contributed by atoms with Crippen molar-refractivity contribution in [1.29, 1.82) is 0 Å². The Morgan fingerprint density at radius 1 is 1.25 bits per heavy atom. The molecule has 1 rings (SSSR count). The van der Waals surface area contributed by atoms with Crippen LogP contribution in [0.25, 0.3) is 0 Å². The summed E-state index contributed by atoms with van der Waals surface area (Å²) in [5.41, 5.74) is 0.923. The van der Waals surface area contributed by atoms with Gasteiger partial charge in [0, 0.05) is 24.2 Å². The van der Waals surface area contributed by atoms with Crippen LogP contribution in [-0.2, 0) is 6.54 Å². The molecule has 0 aromatic heterocycles. The molecule has 0 saturated carbocycles. The van der Waals surface area contributed by atoms with E-state index in [1.54, 1.807) is 13.0 Å². The summed E-state index contributed by atoms with van der Waals surface area (Å²) in [5.74, 6) is 1.35. The van der Waals surface area contributed by atoms with Gasteiger partial charge in [0.25, 0.3) is 0 Å². The van der Waals surface area contributed by atoms with Crippen molar-refractivity contribution in [1.82, 2.24) is 5.32 Å². The lowest BCUT2D eigenvalue weighted by molar-refractivity contribution is 0.191. The fraction of sp³-hybridized carbons (Fsp3) is 0.600. The van der Waals surface area contributed by atoms with Gasteiger partial charge in [0.2, 0.25) is 0 Å². The van der Waals surface area contributed by atoms with E-state index in [0.717, 1.165) is 5.56 Å². The van der Waals surface area contributed by atoms with Gasteiger partial charge in [-0.2, -0.15) is 0 Å². The van der Waals surface area contributed by atoms with Crippen molar-refractivity contribution < 1.29 is 14.6 Å². The Morgan fingerprint density at radius 2 is 1.95 bits per heavy atom. The lowest BCUT2D eigenvalue weighted by atomic mass is 10.2. The monoisotopic (exact) mass is 301 g/mol. The number of hydrogen-bond donors (Lipinski definition) is 2. The zero-order chi connectivity index (χ0) is 15.1. The summed E-state index contributed by atoms with van der Waals surface area (Å²) in [6.07, 6.45) is -0.326. The predicted octanol–water partition coefficient (Wildman–Crippen LogP) is 3.00. The SMILES string of the molecule is CCOc1cc(CNCC(C)O)c(Cl)cc1OC(C)C. The number of halogens is 1. The molecule has 4 nitrogen and oxygen atoms in total. The lowest BCUT2D eigenvalue weighted by Gasteiger charge is -2.17. The average Bonchev–Trinajstić information content (AvgIpc) is 2.33. The van der Waals surface area contributed by atoms with Crippen LogP contribution in [0.2, 0.25) is 5.02 Å². The van der Waals surface area contributed by atoms with Crippen molar-refractivity contribution in [3.05, 3.63) is 22.7 Å². The highest BCUT2D eigenvalue weighted by molar-refractivity contribution is 6.31. The summed E-state index contributed by atoms with van der Waals surface area (Å²) >= 11 is 6.26. The van der Waals surface area contributed by atoms with Gasteiger partial charge in [0.15, 0.2) is 11.5 Å². The summed E-state index contributed by atoms with van der Waals surface area (Å²) in [5, 5.41) is 13.0. The van der Waals surface area contributed by atoms with E-state index in [0.29, 0.717) is 36.2 Å². The molecule has 0 aliphatic rings. The van der Waals surface area contributed by atoms with Gasteiger partial charge in [-0.1, -0.05) is 11.6 Å². The van der Waals surface area contributed by atoms with Crippen LogP contribution >= 0.6 is 11.6 Å². The van der Waals surface area contributed by atoms with E-state index < -0.39 is 0 Å². The number of aliphatic hydroxyl groups is 1. The van der Waals surface area contributed by atoms with Crippen molar-refractivity contribution in [3.8, 4) is 11.5 Å². The van der Waals surface area contributed by atoms with Crippen molar-refractivity contribution in [3.63, 3.8) is 0 Å². The molecule has 114 valence electrons. The van der Waals surface area contributed by atoms with Crippen LogP contribution in [-0.4, -0.2) is 30.5 Å². The number of hydrogen-bond acceptors (Lipinski definition) is 4. The Kier molecular flexibility index (Phi) is 7.13. The van der Waals surface area contributed by atoms with Gasteiger partial charge in [0.1, 0.15) is 0 Å². The number of benzene rings is 1. The third-order valence-electron chi connectivity index (χ3n) is 2.53. The number of rotatable bonds is 8. The van der Waals surface area contributed by atoms with Gasteiger partial charge in [-0.25, -0.2) is 0 Å². The highest BCUT2D eigenvalue weighted by Crippen LogP contribution is 2.34. The summed E-state index contributed by atoms with van der Waals surface area (Å²) in [6, 6.07) is 3.67. The Labute approximate surface area is 126 Å². The molecule has 0 bridgehead atoms. The molecule has 0 aliphatic heterocycles. The molecule has 0 aliphatic carbocycles. The van der Waals surface area contributed by atoms with E-state index >= 15 is 0 Å². The summed E-state index contributed by atoms with van der Waals surface area (Å²) in [6.45, 7) is 9.25. The molecule has 0 heterocycles. The van der Waals surface area contributed by atoms with E-state index in [2.05, 4.69) is 5.32 Å². The van der Waals surface area contributed by atoms with E-state index in [9.17, 15) is 5.11 Å². The smallest absolute Gasteiger partial charge is 0.163 e. The first-order valence-corrected chi connectivity index (χ1v) is 7.32. The van der Waals surface area contributed by atoms with Gasteiger partial charge in [-0.3, -0.25) is 0 Å². The van der Waals surface area contributed by atoms with Gasteiger partial charge in [0.05, 0.1) is 18.8 Å². The van der Waals surface area contributed by atoms with Crippen molar-refractivity contribution in [2.75, 3.05) is 13.2 Å². The third kappa shape index (κ3) is 5.57. The number of ether oxygens (including phenoxy) is 2. The third-order valence-corrected chi connectivity index (χ3v) is 2.88. The Bertz CT molecular complexity index is 422. The van der Waals surface area contributed by atoms with Crippen LogP contribution in [0.5, 0.6) is 11.5 Å². The molecule has 1 aromatic carbocycles. The fourth-order valence-corrected chi connectivity index (χ4v) is 1.96. The van der Waals surface area contributed by atoms with Crippen LogP contribution in [0.3, 0.4) is 0 Å². The molecule has 0 fully saturated rings. The minimum atomic E-state index is -0.385. The van der Waals surface area contributed by atoms with Crippen LogP contribution < -0.4 is 14.8 Å². The number of nitrogens with one attached hydrogen (secondary N) is 1. The maximum Gasteiger partial charge on any atom is 0.163 e. The molecule has 1 unspecified atom stereocenters. The number of aliphatic hydroxyl groups excluding tert-OH is 1.